The molecule has 74 valence electrons. The maximum Gasteiger partial charge on any atom is 0.312 e. The van der Waals surface area contributed by atoms with Gasteiger partial charge in [-0.25, -0.2) is 12.7 Å². The Morgan fingerprint density at radius 3 is 2.69 bits per heavy atom. The first kappa shape index (κ1) is 8.96. The van der Waals surface area contributed by atoms with Crippen LogP contribution in [0, 0.1) is 5.41 Å². The minimum Gasteiger partial charge on any atom is -0.481 e. The van der Waals surface area contributed by atoms with Crippen molar-refractivity contribution in [2.24, 2.45) is 5.41 Å². The summed E-state index contributed by atoms with van der Waals surface area (Å²) >= 11 is 0. The summed E-state index contributed by atoms with van der Waals surface area (Å²) in [5.74, 6) is -1.19. The third kappa shape index (κ3) is 1.16. The molecular weight excluding hydrogens is 194 g/mol. The van der Waals surface area contributed by atoms with Crippen molar-refractivity contribution in [3.63, 3.8) is 0 Å². The highest BCUT2D eigenvalue weighted by Crippen LogP contribution is 2.39. The van der Waals surface area contributed by atoms with Gasteiger partial charge in [-0.15, -0.1) is 0 Å². The maximum atomic E-state index is 11.4. The molecule has 0 amide bonds. The number of rotatable bonds is 1. The molecule has 6 heteroatoms. The standard InChI is InChI=1S/C7H11NO4S/c9-6(10)7-2-1-3-8(4-7)13(11,12)5-7/h1-5H2,(H,9,10). The van der Waals surface area contributed by atoms with Crippen LogP contribution in [0.15, 0.2) is 0 Å². The summed E-state index contributed by atoms with van der Waals surface area (Å²) < 4.78 is 24.1. The van der Waals surface area contributed by atoms with Crippen molar-refractivity contribution in [3.8, 4) is 0 Å². The Hall–Kier alpha value is -0.620. The van der Waals surface area contributed by atoms with Gasteiger partial charge in [-0.3, -0.25) is 4.79 Å². The van der Waals surface area contributed by atoms with Crippen LogP contribution in [0.3, 0.4) is 0 Å². The maximum absolute atomic E-state index is 11.4. The first-order valence-electron chi connectivity index (χ1n) is 4.18. The van der Waals surface area contributed by atoms with Crippen LogP contribution in [0.4, 0.5) is 0 Å². The van der Waals surface area contributed by atoms with E-state index in [0.717, 1.165) is 0 Å². The van der Waals surface area contributed by atoms with Crippen LogP contribution >= 0.6 is 0 Å². The Morgan fingerprint density at radius 2 is 2.15 bits per heavy atom. The number of aliphatic carboxylic acids is 1. The van der Waals surface area contributed by atoms with Crippen LogP contribution in [0.2, 0.25) is 0 Å². The fourth-order valence-corrected chi connectivity index (χ4v) is 4.21. The zero-order valence-electron chi connectivity index (χ0n) is 7.06. The second kappa shape index (κ2) is 2.45. The summed E-state index contributed by atoms with van der Waals surface area (Å²) in [5.41, 5.74) is -1.02. The number of carboxylic acid groups (broad SMARTS) is 1. The van der Waals surface area contributed by atoms with Crippen LogP contribution in [-0.2, 0) is 14.8 Å². The Morgan fingerprint density at radius 1 is 1.46 bits per heavy atom. The fraction of sp³-hybridized carbons (Fsp3) is 0.857. The van der Waals surface area contributed by atoms with Gasteiger partial charge in [-0.05, 0) is 12.8 Å². The van der Waals surface area contributed by atoms with E-state index >= 15 is 0 Å². The molecule has 2 unspecified atom stereocenters. The first-order chi connectivity index (χ1) is 5.96. The number of fused-ring (bicyclic) bond motifs is 2. The van der Waals surface area contributed by atoms with Crippen LogP contribution < -0.4 is 0 Å². The molecule has 2 aliphatic rings. The van der Waals surface area contributed by atoms with Gasteiger partial charge in [-0.1, -0.05) is 0 Å². The molecular formula is C7H11NO4S. The third-order valence-electron chi connectivity index (χ3n) is 2.85. The van der Waals surface area contributed by atoms with E-state index in [9.17, 15) is 13.2 Å². The van der Waals surface area contributed by atoms with E-state index in [0.29, 0.717) is 19.4 Å². The lowest BCUT2D eigenvalue weighted by atomic mass is 9.83. The van der Waals surface area contributed by atoms with Gasteiger partial charge in [0.05, 0.1) is 11.2 Å². The van der Waals surface area contributed by atoms with Gasteiger partial charge in [0.1, 0.15) is 0 Å². The van der Waals surface area contributed by atoms with Crippen LogP contribution in [0.1, 0.15) is 12.8 Å². The lowest BCUT2D eigenvalue weighted by molar-refractivity contribution is -0.148. The van der Waals surface area contributed by atoms with Crippen molar-refractivity contribution in [1.82, 2.24) is 4.31 Å². The van der Waals surface area contributed by atoms with E-state index < -0.39 is 21.4 Å². The highest BCUT2D eigenvalue weighted by atomic mass is 32.2. The quantitative estimate of drug-likeness (QED) is 0.626. The van der Waals surface area contributed by atoms with Gasteiger partial charge in [-0.2, -0.15) is 0 Å². The molecule has 2 fully saturated rings. The predicted octanol–water partition coefficient (Wildman–Crippen LogP) is -0.503. The molecule has 2 aliphatic heterocycles. The zero-order valence-corrected chi connectivity index (χ0v) is 7.88. The number of carboxylic acids is 1. The minimum absolute atomic E-state index is 0.171. The van der Waals surface area contributed by atoms with Gasteiger partial charge in [0.2, 0.25) is 10.0 Å². The number of sulfonamides is 1. The molecule has 5 nitrogen and oxygen atoms in total. The average molecular weight is 205 g/mol. The van der Waals surface area contributed by atoms with Crippen molar-refractivity contribution in [2.75, 3.05) is 18.8 Å². The summed E-state index contributed by atoms with van der Waals surface area (Å²) in [5, 5.41) is 8.96. The molecule has 0 aromatic rings. The van der Waals surface area contributed by atoms with E-state index in [2.05, 4.69) is 0 Å². The van der Waals surface area contributed by atoms with Crippen molar-refractivity contribution in [3.05, 3.63) is 0 Å². The molecule has 13 heavy (non-hydrogen) atoms. The lowest BCUT2D eigenvalue weighted by Gasteiger charge is -2.27. The molecule has 0 radical (unpaired) electrons. The van der Waals surface area contributed by atoms with Crippen LogP contribution in [0.5, 0.6) is 0 Å². The summed E-state index contributed by atoms with van der Waals surface area (Å²) in [7, 11) is -3.27. The summed E-state index contributed by atoms with van der Waals surface area (Å²) in [6.45, 7) is 0.655. The van der Waals surface area contributed by atoms with Gasteiger partial charge in [0, 0.05) is 13.1 Å². The van der Waals surface area contributed by atoms with E-state index in [4.69, 9.17) is 5.11 Å². The molecule has 0 spiro atoms. The Bertz CT molecular complexity index is 350. The van der Waals surface area contributed by atoms with Crippen LogP contribution in [0.25, 0.3) is 0 Å². The molecule has 2 atom stereocenters. The molecule has 0 aromatic heterocycles. The van der Waals surface area contributed by atoms with Gasteiger partial charge < -0.3 is 5.11 Å². The number of hydrogen-bond acceptors (Lipinski definition) is 3. The van der Waals surface area contributed by atoms with Gasteiger partial charge in [0.15, 0.2) is 0 Å². The zero-order chi connectivity index (χ0) is 9.69. The average Bonchev–Trinajstić information content (AvgIpc) is 2.20. The predicted molar refractivity (Wildman–Crippen MR) is 44.7 cm³/mol. The van der Waals surface area contributed by atoms with Crippen LogP contribution in [-0.4, -0.2) is 42.6 Å². The Labute approximate surface area is 76.4 Å². The summed E-state index contributed by atoms with van der Waals surface area (Å²) in [4.78, 5) is 10.9. The number of carbonyl (C=O) groups is 1. The lowest BCUT2D eigenvalue weighted by Crippen LogP contribution is -2.40. The SMILES string of the molecule is O=C(O)C12CCCN(C1)S(=O)(=O)C2. The molecule has 2 saturated heterocycles. The van der Waals surface area contributed by atoms with Crippen molar-refractivity contribution in [1.29, 1.82) is 0 Å². The second-order valence-corrected chi connectivity index (χ2v) is 5.75. The van der Waals surface area contributed by atoms with Crippen molar-refractivity contribution >= 4 is 16.0 Å². The Balaban J connectivity index is 2.41. The number of piperidine rings is 1. The molecule has 0 aliphatic carbocycles. The van der Waals surface area contributed by atoms with E-state index in [-0.39, 0.29) is 12.3 Å². The van der Waals surface area contributed by atoms with Crippen molar-refractivity contribution < 1.29 is 18.3 Å². The molecule has 1 N–H and O–H groups in total. The summed E-state index contributed by atoms with van der Waals surface area (Å²) in [6, 6.07) is 0. The van der Waals surface area contributed by atoms with Gasteiger partial charge >= 0.3 is 5.97 Å². The summed E-state index contributed by atoms with van der Waals surface area (Å²) in [6.07, 6.45) is 1.14. The molecule has 0 aromatic carbocycles. The highest BCUT2D eigenvalue weighted by Gasteiger charge is 2.54. The van der Waals surface area contributed by atoms with E-state index in [1.54, 1.807) is 0 Å². The number of hydrogen-bond donors (Lipinski definition) is 1. The smallest absolute Gasteiger partial charge is 0.312 e. The topological polar surface area (TPSA) is 74.7 Å². The molecule has 2 rings (SSSR count). The van der Waals surface area contributed by atoms with Crippen molar-refractivity contribution in [2.45, 2.75) is 12.8 Å². The van der Waals surface area contributed by atoms with E-state index in [1.807, 2.05) is 0 Å². The van der Waals surface area contributed by atoms with E-state index in [1.165, 1.54) is 4.31 Å². The van der Waals surface area contributed by atoms with Gasteiger partial charge in [0.25, 0.3) is 0 Å². The minimum atomic E-state index is -3.27. The first-order valence-corrected chi connectivity index (χ1v) is 5.78. The monoisotopic (exact) mass is 205 g/mol. The molecule has 2 bridgehead atoms. The second-order valence-electron chi connectivity index (χ2n) is 3.78. The largest absolute Gasteiger partial charge is 0.481 e. The molecule has 0 saturated carbocycles. The fourth-order valence-electron chi connectivity index (χ4n) is 2.12. The molecule has 2 heterocycles. The Kier molecular flexibility index (Phi) is 1.69. The number of nitrogens with zero attached hydrogens (tertiary/aromatic N) is 1. The highest BCUT2D eigenvalue weighted by molar-refractivity contribution is 7.89. The normalized spacial score (nSPS) is 41.7. The third-order valence-corrected chi connectivity index (χ3v) is 4.86.